The number of amides is 2. The van der Waals surface area contributed by atoms with Crippen LogP contribution in [0.15, 0.2) is 41.5 Å². The summed E-state index contributed by atoms with van der Waals surface area (Å²) in [7, 11) is 0. The molecule has 9 heteroatoms. The standard InChI is InChI=1S/C29H38ClF2N3O3/c1-16(7-6-8-17(30)15-31)23-24(25(36)33-19-12-28(5,38)13-19)35-22(14-27(2,3)4)29(23)20-10-9-18(32)11-21(20)34-26(29)37/h6-11,16,19,22-24,35,38H,12-15H2,1-5H3,(H,33,36)(H,34,37)/b7-6-,17-8+/t16?,19-,22-,23+,24-,28+,29+/m1/s1. The number of fused-ring (bicyclic) bond motifs is 2. The van der Waals surface area contributed by atoms with Crippen LogP contribution in [0.5, 0.6) is 0 Å². The van der Waals surface area contributed by atoms with Crippen LogP contribution >= 0.6 is 11.6 Å². The SMILES string of the molecule is CC(/C=C\C=C(\Cl)CF)[C@H]1[C@H](C(=O)N[C@H]2C[C@@](C)(O)C2)N[C@H](CC(C)(C)C)[C@]12C(=O)Nc1cc(F)ccc12. The van der Waals surface area contributed by atoms with Gasteiger partial charge in [0, 0.05) is 28.7 Å². The number of nitrogens with one attached hydrogen (secondary N) is 3. The molecule has 2 heterocycles. The monoisotopic (exact) mass is 549 g/mol. The van der Waals surface area contributed by atoms with Gasteiger partial charge in [0.05, 0.1) is 17.1 Å². The number of carbonyl (C=O) groups excluding carboxylic acids is 2. The number of benzene rings is 1. The van der Waals surface area contributed by atoms with Crippen LogP contribution in [0.3, 0.4) is 0 Å². The topological polar surface area (TPSA) is 90.5 Å². The number of hydrogen-bond acceptors (Lipinski definition) is 4. The maximum atomic E-state index is 14.2. The van der Waals surface area contributed by atoms with E-state index in [1.54, 1.807) is 19.1 Å². The summed E-state index contributed by atoms with van der Waals surface area (Å²) in [5.74, 6) is -1.84. The molecule has 0 bridgehead atoms. The van der Waals surface area contributed by atoms with E-state index < -0.39 is 41.5 Å². The molecule has 38 heavy (non-hydrogen) atoms. The minimum Gasteiger partial charge on any atom is -0.390 e. The molecule has 1 saturated heterocycles. The second kappa shape index (κ2) is 10.4. The van der Waals surface area contributed by atoms with Gasteiger partial charge in [-0.1, -0.05) is 57.5 Å². The molecule has 2 fully saturated rings. The van der Waals surface area contributed by atoms with Gasteiger partial charge >= 0.3 is 0 Å². The van der Waals surface area contributed by atoms with Gasteiger partial charge in [-0.25, -0.2) is 8.78 Å². The molecule has 1 aromatic carbocycles. The first-order chi connectivity index (χ1) is 17.7. The lowest BCUT2D eigenvalue weighted by molar-refractivity contribution is -0.128. The van der Waals surface area contributed by atoms with Crippen LogP contribution < -0.4 is 16.0 Å². The Morgan fingerprint density at radius 3 is 2.63 bits per heavy atom. The van der Waals surface area contributed by atoms with Crippen molar-refractivity contribution < 1.29 is 23.5 Å². The fraction of sp³-hybridized carbons (Fsp3) is 0.586. The molecule has 4 rings (SSSR count). The molecule has 2 amide bonds. The minimum absolute atomic E-state index is 0.0454. The highest BCUT2D eigenvalue weighted by Crippen LogP contribution is 2.55. The van der Waals surface area contributed by atoms with Gasteiger partial charge in [-0.15, -0.1) is 0 Å². The number of alkyl halides is 1. The van der Waals surface area contributed by atoms with Crippen LogP contribution in [0.25, 0.3) is 0 Å². The summed E-state index contributed by atoms with van der Waals surface area (Å²) in [4.78, 5) is 27.8. The van der Waals surface area contributed by atoms with Gasteiger partial charge in [-0.05, 0) is 61.3 Å². The highest BCUT2D eigenvalue weighted by atomic mass is 35.5. The third-order valence-electron chi connectivity index (χ3n) is 8.07. The Kier molecular flexibility index (Phi) is 7.83. The molecule has 1 unspecified atom stereocenters. The predicted molar refractivity (Wildman–Crippen MR) is 145 cm³/mol. The van der Waals surface area contributed by atoms with E-state index in [1.165, 1.54) is 18.2 Å². The Balaban J connectivity index is 1.81. The van der Waals surface area contributed by atoms with Crippen LogP contribution in [0, 0.1) is 23.1 Å². The average Bonchev–Trinajstić information content (AvgIpc) is 3.26. The molecule has 4 N–H and O–H groups in total. The van der Waals surface area contributed by atoms with Gasteiger partial charge in [-0.2, -0.15) is 0 Å². The molecule has 0 radical (unpaired) electrons. The normalized spacial score (nSPS) is 33.8. The average molecular weight is 550 g/mol. The molecule has 3 aliphatic rings. The van der Waals surface area contributed by atoms with Crippen LogP contribution in [0.1, 0.15) is 59.4 Å². The Morgan fingerprint density at radius 2 is 2.03 bits per heavy atom. The molecule has 6 nitrogen and oxygen atoms in total. The van der Waals surface area contributed by atoms with Crippen LogP contribution in [-0.2, 0) is 15.0 Å². The molecular formula is C29H38ClF2N3O3. The van der Waals surface area contributed by atoms with Crippen molar-refractivity contribution in [1.82, 2.24) is 10.6 Å². The zero-order valence-electron chi connectivity index (χ0n) is 22.6. The van der Waals surface area contributed by atoms with Crippen LogP contribution in [0.2, 0.25) is 0 Å². The molecule has 1 aromatic rings. The fourth-order valence-electron chi connectivity index (χ4n) is 6.64. The van der Waals surface area contributed by atoms with Crippen molar-refractivity contribution >= 4 is 29.1 Å². The molecule has 1 aliphatic carbocycles. The van der Waals surface area contributed by atoms with Crippen molar-refractivity contribution in [1.29, 1.82) is 0 Å². The zero-order valence-corrected chi connectivity index (χ0v) is 23.3. The van der Waals surface area contributed by atoms with E-state index >= 15 is 0 Å². The Labute approximate surface area is 228 Å². The van der Waals surface area contributed by atoms with Crippen molar-refractivity contribution in [3.8, 4) is 0 Å². The summed E-state index contributed by atoms with van der Waals surface area (Å²) in [6.45, 7) is 9.10. The Hall–Kier alpha value is -2.29. The van der Waals surface area contributed by atoms with Crippen molar-refractivity contribution in [3.05, 3.63) is 52.8 Å². The van der Waals surface area contributed by atoms with Gasteiger partial charge in [0.15, 0.2) is 0 Å². The lowest BCUT2D eigenvalue weighted by atomic mass is 9.61. The van der Waals surface area contributed by atoms with Crippen LogP contribution in [0.4, 0.5) is 14.5 Å². The number of rotatable bonds is 7. The maximum Gasteiger partial charge on any atom is 0.237 e. The first-order valence-electron chi connectivity index (χ1n) is 13.2. The Bertz CT molecular complexity index is 1150. The molecule has 1 saturated carbocycles. The predicted octanol–water partition coefficient (Wildman–Crippen LogP) is 4.72. The lowest BCUT2D eigenvalue weighted by Gasteiger charge is -2.42. The smallest absolute Gasteiger partial charge is 0.237 e. The van der Waals surface area contributed by atoms with E-state index in [0.29, 0.717) is 30.5 Å². The van der Waals surface area contributed by atoms with Crippen molar-refractivity contribution in [3.63, 3.8) is 0 Å². The van der Waals surface area contributed by atoms with E-state index in [-0.39, 0.29) is 34.2 Å². The van der Waals surface area contributed by atoms with E-state index in [1.807, 2.05) is 13.0 Å². The molecule has 2 aliphatic heterocycles. The van der Waals surface area contributed by atoms with Gasteiger partial charge in [0.2, 0.25) is 11.8 Å². The van der Waals surface area contributed by atoms with Crippen LogP contribution in [-0.4, -0.2) is 47.3 Å². The molecule has 5 atom stereocenters. The summed E-state index contributed by atoms with van der Waals surface area (Å²) in [5.41, 5.74) is -1.07. The number of carbonyl (C=O) groups is 2. The summed E-state index contributed by atoms with van der Waals surface area (Å²) in [6, 6.07) is 3.00. The summed E-state index contributed by atoms with van der Waals surface area (Å²) >= 11 is 5.85. The second-order valence-electron chi connectivity index (χ2n) is 12.6. The third kappa shape index (κ3) is 5.40. The summed E-state index contributed by atoms with van der Waals surface area (Å²) in [5, 5.41) is 19.7. The largest absolute Gasteiger partial charge is 0.390 e. The van der Waals surface area contributed by atoms with Gasteiger partial charge in [0.25, 0.3) is 0 Å². The van der Waals surface area contributed by atoms with Gasteiger partial charge in [0.1, 0.15) is 12.5 Å². The van der Waals surface area contributed by atoms with E-state index in [0.717, 1.165) is 0 Å². The number of halogens is 3. The molecular weight excluding hydrogens is 512 g/mol. The lowest BCUT2D eigenvalue weighted by Crippen LogP contribution is -2.58. The first-order valence-corrected chi connectivity index (χ1v) is 13.5. The minimum atomic E-state index is -1.15. The Morgan fingerprint density at radius 1 is 1.34 bits per heavy atom. The molecule has 1 spiro atoms. The maximum absolute atomic E-state index is 14.2. The molecule has 208 valence electrons. The van der Waals surface area contributed by atoms with E-state index in [9.17, 15) is 23.5 Å². The van der Waals surface area contributed by atoms with Gasteiger partial charge < -0.3 is 21.1 Å². The number of aliphatic hydroxyl groups is 1. The number of allylic oxidation sites excluding steroid dienone is 4. The highest BCUT2D eigenvalue weighted by Gasteiger charge is 2.66. The van der Waals surface area contributed by atoms with E-state index in [2.05, 4.69) is 36.7 Å². The third-order valence-corrected chi connectivity index (χ3v) is 8.30. The van der Waals surface area contributed by atoms with Crippen molar-refractivity contribution in [2.75, 3.05) is 12.0 Å². The summed E-state index contributed by atoms with van der Waals surface area (Å²) in [6.07, 6.45) is 6.43. The highest BCUT2D eigenvalue weighted by molar-refractivity contribution is 6.29. The molecule has 0 aromatic heterocycles. The van der Waals surface area contributed by atoms with E-state index in [4.69, 9.17) is 11.6 Å². The second-order valence-corrected chi connectivity index (χ2v) is 13.1. The fourth-order valence-corrected chi connectivity index (χ4v) is 6.71. The zero-order chi connectivity index (χ0) is 28.0. The first kappa shape index (κ1) is 28.7. The van der Waals surface area contributed by atoms with Crippen molar-refractivity contribution in [2.24, 2.45) is 17.3 Å². The quantitative estimate of drug-likeness (QED) is 0.370. The van der Waals surface area contributed by atoms with Gasteiger partial charge in [-0.3, -0.25) is 9.59 Å². The number of hydrogen-bond donors (Lipinski definition) is 4. The van der Waals surface area contributed by atoms with Crippen molar-refractivity contribution in [2.45, 2.75) is 83.0 Å². The number of anilines is 1. The summed E-state index contributed by atoms with van der Waals surface area (Å²) < 4.78 is 27.1.